The molecule has 1 aliphatic heterocycles. The predicted octanol–water partition coefficient (Wildman–Crippen LogP) is 1.94. The van der Waals surface area contributed by atoms with Gasteiger partial charge in [-0.25, -0.2) is 14.7 Å². The number of nitrogens with one attached hydrogen (secondary N) is 1. The molecule has 2 aromatic rings. The van der Waals surface area contributed by atoms with E-state index in [1.54, 1.807) is 43.7 Å². The molecule has 1 aromatic heterocycles. The Bertz CT molecular complexity index is 871. The number of aromatic nitrogens is 2. The van der Waals surface area contributed by atoms with Crippen molar-refractivity contribution in [2.45, 2.75) is 26.8 Å². The second-order valence-electron chi connectivity index (χ2n) is 6.41. The van der Waals surface area contributed by atoms with Crippen molar-refractivity contribution in [2.75, 3.05) is 11.4 Å². The molecule has 3 rings (SSSR count). The standard InChI is InChI=1S/C19H21N5O3/c1-13-4-6-15(7-5-13)24-18(26)16(17(25)22-19(24)27)14(2)21-8-3-10-23-11-9-20-12-23/h4-7,9,11-12,16H,3,8,10H2,1-2H3,(H,22,25,27)/t16-/m0/s1. The van der Waals surface area contributed by atoms with Crippen LogP contribution in [0.4, 0.5) is 10.5 Å². The number of aliphatic imine (C=N–C) groups is 1. The monoisotopic (exact) mass is 367 g/mol. The van der Waals surface area contributed by atoms with Gasteiger partial charge in [-0.1, -0.05) is 17.7 Å². The van der Waals surface area contributed by atoms with Crippen LogP contribution >= 0.6 is 0 Å². The van der Waals surface area contributed by atoms with Gasteiger partial charge >= 0.3 is 6.03 Å². The molecule has 0 radical (unpaired) electrons. The highest BCUT2D eigenvalue weighted by atomic mass is 16.2. The number of aryl methyl sites for hydroxylation is 2. The molecular formula is C19H21N5O3. The summed E-state index contributed by atoms with van der Waals surface area (Å²) in [4.78, 5) is 46.6. The van der Waals surface area contributed by atoms with E-state index in [-0.39, 0.29) is 0 Å². The first-order valence-electron chi connectivity index (χ1n) is 8.69. The second-order valence-corrected chi connectivity index (χ2v) is 6.41. The lowest BCUT2D eigenvalue weighted by molar-refractivity contribution is -0.131. The van der Waals surface area contributed by atoms with Gasteiger partial charge in [0.1, 0.15) is 0 Å². The maximum Gasteiger partial charge on any atom is 0.335 e. The zero-order valence-corrected chi connectivity index (χ0v) is 15.3. The van der Waals surface area contributed by atoms with Crippen molar-refractivity contribution in [2.24, 2.45) is 10.9 Å². The van der Waals surface area contributed by atoms with Gasteiger partial charge in [-0.2, -0.15) is 0 Å². The number of imidazole rings is 1. The van der Waals surface area contributed by atoms with E-state index >= 15 is 0 Å². The summed E-state index contributed by atoms with van der Waals surface area (Å²) in [5.74, 6) is -2.31. The van der Waals surface area contributed by atoms with Crippen LogP contribution in [-0.4, -0.2) is 39.7 Å². The molecule has 140 valence electrons. The summed E-state index contributed by atoms with van der Waals surface area (Å²) in [6.07, 6.45) is 6.03. The topological polar surface area (TPSA) is 96.7 Å². The Hall–Kier alpha value is -3.29. The van der Waals surface area contributed by atoms with E-state index in [2.05, 4.69) is 15.3 Å². The third-order valence-corrected chi connectivity index (χ3v) is 4.37. The number of nitrogens with zero attached hydrogens (tertiary/aromatic N) is 4. The third-order valence-electron chi connectivity index (χ3n) is 4.37. The summed E-state index contributed by atoms with van der Waals surface area (Å²) < 4.78 is 1.93. The number of hydrogen-bond acceptors (Lipinski definition) is 5. The van der Waals surface area contributed by atoms with Crippen LogP contribution in [0.1, 0.15) is 18.9 Å². The number of hydrogen-bond donors (Lipinski definition) is 1. The number of carbonyl (C=O) groups excluding carboxylic acids is 3. The Kier molecular flexibility index (Phi) is 5.44. The van der Waals surface area contributed by atoms with Gasteiger partial charge in [0.15, 0.2) is 5.92 Å². The molecule has 8 heteroatoms. The maximum atomic E-state index is 12.8. The van der Waals surface area contributed by atoms with Gasteiger partial charge in [-0.3, -0.25) is 19.9 Å². The van der Waals surface area contributed by atoms with E-state index < -0.39 is 23.8 Å². The summed E-state index contributed by atoms with van der Waals surface area (Å²) in [6.45, 7) is 4.77. The molecule has 1 aromatic carbocycles. The lowest BCUT2D eigenvalue weighted by Gasteiger charge is -2.30. The van der Waals surface area contributed by atoms with Gasteiger partial charge in [-0.05, 0) is 32.4 Å². The average molecular weight is 367 g/mol. The minimum absolute atomic E-state index is 0.396. The van der Waals surface area contributed by atoms with Gasteiger partial charge in [0.2, 0.25) is 5.91 Å². The number of benzene rings is 1. The van der Waals surface area contributed by atoms with Crippen molar-refractivity contribution in [1.82, 2.24) is 14.9 Å². The number of anilines is 1. The van der Waals surface area contributed by atoms with E-state index in [1.807, 2.05) is 17.7 Å². The van der Waals surface area contributed by atoms with E-state index in [4.69, 9.17) is 0 Å². The molecule has 8 nitrogen and oxygen atoms in total. The number of rotatable bonds is 6. The fourth-order valence-electron chi connectivity index (χ4n) is 2.90. The maximum absolute atomic E-state index is 12.8. The first kappa shape index (κ1) is 18.5. The lowest BCUT2D eigenvalue weighted by Crippen LogP contribution is -2.60. The number of barbiturate groups is 1. The van der Waals surface area contributed by atoms with E-state index in [0.29, 0.717) is 17.9 Å². The average Bonchev–Trinajstić information content (AvgIpc) is 3.13. The minimum Gasteiger partial charge on any atom is -0.337 e. The van der Waals surface area contributed by atoms with Crippen molar-refractivity contribution in [3.63, 3.8) is 0 Å². The molecule has 1 N–H and O–H groups in total. The summed E-state index contributed by atoms with van der Waals surface area (Å²) in [7, 11) is 0. The normalized spacial score (nSPS) is 18.0. The first-order valence-corrected chi connectivity index (χ1v) is 8.69. The molecule has 2 heterocycles. The molecule has 1 saturated heterocycles. The van der Waals surface area contributed by atoms with Gasteiger partial charge < -0.3 is 4.57 Å². The fourth-order valence-corrected chi connectivity index (χ4v) is 2.90. The van der Waals surface area contributed by atoms with Crippen molar-refractivity contribution in [3.05, 3.63) is 48.5 Å². The molecule has 27 heavy (non-hydrogen) atoms. The predicted molar refractivity (Wildman–Crippen MR) is 101 cm³/mol. The highest BCUT2D eigenvalue weighted by Crippen LogP contribution is 2.22. The SMILES string of the molecule is CC(=NCCCn1ccnc1)[C@H]1C(=O)NC(=O)N(c2ccc(C)cc2)C1=O. The molecule has 0 spiro atoms. The molecule has 0 bridgehead atoms. The van der Waals surface area contributed by atoms with Gasteiger partial charge in [0.25, 0.3) is 5.91 Å². The van der Waals surface area contributed by atoms with Crippen molar-refractivity contribution in [1.29, 1.82) is 0 Å². The lowest BCUT2D eigenvalue weighted by atomic mass is 9.99. The van der Waals surface area contributed by atoms with Crippen LogP contribution < -0.4 is 10.2 Å². The Labute approximate surface area is 156 Å². The van der Waals surface area contributed by atoms with Crippen LogP contribution in [0.15, 0.2) is 48.0 Å². The zero-order valence-electron chi connectivity index (χ0n) is 15.3. The van der Waals surface area contributed by atoms with Crippen LogP contribution in [0.25, 0.3) is 0 Å². The van der Waals surface area contributed by atoms with Gasteiger partial charge in [-0.15, -0.1) is 0 Å². The summed E-state index contributed by atoms with van der Waals surface area (Å²) >= 11 is 0. The van der Waals surface area contributed by atoms with Crippen molar-refractivity contribution in [3.8, 4) is 0 Å². The highest BCUT2D eigenvalue weighted by molar-refractivity contribution is 6.35. The van der Waals surface area contributed by atoms with Gasteiger partial charge in [0.05, 0.1) is 12.0 Å². The zero-order chi connectivity index (χ0) is 19.4. The van der Waals surface area contributed by atoms with Crippen LogP contribution in [0.3, 0.4) is 0 Å². The smallest absolute Gasteiger partial charge is 0.335 e. The van der Waals surface area contributed by atoms with E-state index in [1.165, 1.54) is 0 Å². The first-order chi connectivity index (χ1) is 13.0. The largest absolute Gasteiger partial charge is 0.337 e. The Morgan fingerprint density at radius 1 is 1.22 bits per heavy atom. The fraction of sp³-hybridized carbons (Fsp3) is 0.316. The molecule has 0 aliphatic carbocycles. The summed E-state index contributed by atoms with van der Waals surface area (Å²) in [5, 5.41) is 2.25. The van der Waals surface area contributed by atoms with Crippen LogP contribution in [0.2, 0.25) is 0 Å². The Morgan fingerprint density at radius 2 is 1.96 bits per heavy atom. The third kappa shape index (κ3) is 4.11. The Balaban J connectivity index is 1.71. The van der Waals surface area contributed by atoms with Crippen LogP contribution in [0, 0.1) is 12.8 Å². The quantitative estimate of drug-likeness (QED) is 0.479. The molecule has 0 saturated carbocycles. The molecule has 1 atom stereocenters. The van der Waals surface area contributed by atoms with Crippen LogP contribution in [-0.2, 0) is 16.1 Å². The second kappa shape index (κ2) is 7.94. The van der Waals surface area contributed by atoms with E-state index in [9.17, 15) is 14.4 Å². The molecule has 4 amide bonds. The molecule has 1 fully saturated rings. The molecular weight excluding hydrogens is 346 g/mol. The molecule has 1 aliphatic rings. The van der Waals surface area contributed by atoms with Crippen LogP contribution in [0.5, 0.6) is 0 Å². The minimum atomic E-state index is -1.10. The highest BCUT2D eigenvalue weighted by Gasteiger charge is 2.42. The summed E-state index contributed by atoms with van der Waals surface area (Å²) in [6, 6.07) is 6.23. The number of urea groups is 1. The van der Waals surface area contributed by atoms with Crippen molar-refractivity contribution < 1.29 is 14.4 Å². The van der Waals surface area contributed by atoms with Gasteiger partial charge in [0, 0.05) is 31.2 Å². The number of carbonyl (C=O) groups is 3. The van der Waals surface area contributed by atoms with E-state index in [0.717, 1.165) is 23.4 Å². The number of amides is 4. The Morgan fingerprint density at radius 3 is 2.63 bits per heavy atom. The molecule has 0 unspecified atom stereocenters. The summed E-state index contributed by atoms with van der Waals surface area (Å²) in [5.41, 5.74) is 1.83. The number of imide groups is 2. The van der Waals surface area contributed by atoms with Crippen molar-refractivity contribution >= 4 is 29.2 Å².